The molecule has 2 heterocycles. The van der Waals surface area contributed by atoms with Gasteiger partial charge in [0.05, 0.1) is 6.10 Å². The van der Waals surface area contributed by atoms with Crippen LogP contribution in [-0.4, -0.2) is 42.8 Å². The molecule has 3 nitrogen and oxygen atoms in total. The first-order chi connectivity index (χ1) is 12.2. The first-order valence-corrected chi connectivity index (χ1v) is 10.1. The summed E-state index contributed by atoms with van der Waals surface area (Å²) in [5.41, 5.74) is 1.57. The second-order valence-electron chi connectivity index (χ2n) is 8.66. The van der Waals surface area contributed by atoms with E-state index in [2.05, 4.69) is 10.2 Å². The van der Waals surface area contributed by atoms with Crippen molar-refractivity contribution in [3.05, 3.63) is 35.6 Å². The van der Waals surface area contributed by atoms with Gasteiger partial charge in [-0.15, -0.1) is 0 Å². The van der Waals surface area contributed by atoms with E-state index in [-0.39, 0.29) is 5.82 Å². The Morgan fingerprint density at radius 3 is 2.76 bits per heavy atom. The molecule has 1 aromatic carbocycles. The molecule has 2 aliphatic carbocycles. The van der Waals surface area contributed by atoms with Crippen LogP contribution >= 0.6 is 0 Å². The van der Waals surface area contributed by atoms with Crippen LogP contribution < -0.4 is 5.32 Å². The van der Waals surface area contributed by atoms with E-state index in [4.69, 9.17) is 4.74 Å². The maximum absolute atomic E-state index is 13.4. The quantitative estimate of drug-likeness (QED) is 0.907. The van der Waals surface area contributed by atoms with Gasteiger partial charge in [-0.1, -0.05) is 18.6 Å². The van der Waals surface area contributed by atoms with Gasteiger partial charge < -0.3 is 10.1 Å². The molecule has 4 fully saturated rings. The Balaban J connectivity index is 1.15. The molecule has 5 rings (SSSR count). The number of fused-ring (bicyclic) bond motifs is 2. The van der Waals surface area contributed by atoms with E-state index in [0.29, 0.717) is 23.6 Å². The molecule has 0 radical (unpaired) electrons. The topological polar surface area (TPSA) is 24.5 Å². The van der Waals surface area contributed by atoms with Gasteiger partial charge in [-0.2, -0.15) is 0 Å². The third kappa shape index (κ3) is 2.73. The fourth-order valence-corrected chi connectivity index (χ4v) is 5.90. The normalized spacial score (nSPS) is 34.5. The average molecular weight is 344 g/mol. The van der Waals surface area contributed by atoms with Crippen LogP contribution in [0.1, 0.15) is 44.1 Å². The summed E-state index contributed by atoms with van der Waals surface area (Å²) in [6.45, 7) is 4.06. The summed E-state index contributed by atoms with van der Waals surface area (Å²) in [6.07, 6.45) is 8.35. The second-order valence-corrected chi connectivity index (χ2v) is 8.66. The molecule has 2 aliphatic heterocycles. The van der Waals surface area contributed by atoms with Crippen molar-refractivity contribution in [2.45, 2.75) is 63.3 Å². The van der Waals surface area contributed by atoms with Gasteiger partial charge in [-0.3, -0.25) is 4.90 Å². The molecule has 4 heteroatoms. The molecule has 3 unspecified atom stereocenters. The number of benzene rings is 1. The fraction of sp³-hybridized carbons (Fsp3) is 0.714. The second kappa shape index (κ2) is 6.33. The Morgan fingerprint density at radius 1 is 1.20 bits per heavy atom. The molecule has 2 saturated carbocycles. The third-order valence-corrected chi connectivity index (χ3v) is 7.33. The van der Waals surface area contributed by atoms with Crippen molar-refractivity contribution < 1.29 is 9.13 Å². The lowest BCUT2D eigenvalue weighted by molar-refractivity contribution is -0.179. The molecular weight excluding hydrogens is 315 g/mol. The van der Waals surface area contributed by atoms with Crippen molar-refractivity contribution in [1.29, 1.82) is 0 Å². The van der Waals surface area contributed by atoms with Gasteiger partial charge in [-0.05, 0) is 62.9 Å². The van der Waals surface area contributed by atoms with E-state index in [1.54, 1.807) is 6.07 Å². The number of nitrogens with zero attached hydrogens (tertiary/aromatic N) is 1. The lowest BCUT2D eigenvalue weighted by Gasteiger charge is -2.64. The average Bonchev–Trinajstić information content (AvgIpc) is 2.98. The largest absolute Gasteiger partial charge is 0.377 e. The van der Waals surface area contributed by atoms with Gasteiger partial charge in [0.1, 0.15) is 5.82 Å². The highest BCUT2D eigenvalue weighted by Gasteiger charge is 2.66. The van der Waals surface area contributed by atoms with Crippen LogP contribution in [0.15, 0.2) is 24.3 Å². The predicted octanol–water partition coefficient (Wildman–Crippen LogP) is 3.34. The van der Waals surface area contributed by atoms with E-state index in [1.165, 1.54) is 44.6 Å². The Morgan fingerprint density at radius 2 is 2.04 bits per heavy atom. The maximum Gasteiger partial charge on any atom is 0.123 e. The number of ether oxygens (including phenoxy) is 1. The van der Waals surface area contributed by atoms with Gasteiger partial charge in [0.2, 0.25) is 0 Å². The Hall–Kier alpha value is -0.970. The fourth-order valence-electron chi connectivity index (χ4n) is 5.90. The monoisotopic (exact) mass is 344 g/mol. The van der Waals surface area contributed by atoms with Gasteiger partial charge in [-0.25, -0.2) is 4.39 Å². The van der Waals surface area contributed by atoms with Crippen molar-refractivity contribution >= 4 is 0 Å². The number of nitrogens with one attached hydrogen (secondary N) is 1. The standard InChI is InChI=1S/C21H29FN2O/c22-16-4-1-3-15(13-16)14-24-10-5-17(6-11-24)23-19-18-7-12-25-20(18)21(19)8-2-9-21/h1,3-4,13,17-20,23H,2,5-12,14H2. The first kappa shape index (κ1) is 16.2. The molecule has 1 N–H and O–H groups in total. The van der Waals surface area contributed by atoms with Crippen LogP contribution in [0.5, 0.6) is 0 Å². The lowest BCUT2D eigenvalue weighted by atomic mass is 9.46. The minimum atomic E-state index is -0.127. The van der Waals surface area contributed by atoms with E-state index in [9.17, 15) is 4.39 Å². The predicted molar refractivity (Wildman–Crippen MR) is 95.8 cm³/mol. The number of likely N-dealkylation sites (tertiary alicyclic amines) is 1. The molecule has 2 saturated heterocycles. The summed E-state index contributed by atoms with van der Waals surface area (Å²) in [5, 5.41) is 4.05. The number of hydrogen-bond acceptors (Lipinski definition) is 3. The van der Waals surface area contributed by atoms with Crippen molar-refractivity contribution in [2.24, 2.45) is 11.3 Å². The number of halogens is 1. The molecule has 0 aromatic heterocycles. The van der Waals surface area contributed by atoms with Crippen molar-refractivity contribution in [2.75, 3.05) is 19.7 Å². The highest BCUT2D eigenvalue weighted by molar-refractivity contribution is 5.19. The van der Waals surface area contributed by atoms with Crippen molar-refractivity contribution in [3.63, 3.8) is 0 Å². The van der Waals surface area contributed by atoms with Gasteiger partial charge in [0, 0.05) is 36.6 Å². The lowest BCUT2D eigenvalue weighted by Crippen LogP contribution is -2.72. The zero-order valence-electron chi connectivity index (χ0n) is 14.9. The van der Waals surface area contributed by atoms with Crippen LogP contribution in [0, 0.1) is 17.2 Å². The Labute approximate surface area is 149 Å². The molecule has 0 amide bonds. The van der Waals surface area contributed by atoms with Crippen LogP contribution in [0.3, 0.4) is 0 Å². The number of piperidine rings is 1. The van der Waals surface area contributed by atoms with E-state index in [1.807, 2.05) is 12.1 Å². The summed E-state index contributed by atoms with van der Waals surface area (Å²) in [4.78, 5) is 2.47. The maximum atomic E-state index is 13.4. The summed E-state index contributed by atoms with van der Waals surface area (Å²) >= 11 is 0. The van der Waals surface area contributed by atoms with Crippen LogP contribution in [0.2, 0.25) is 0 Å². The summed E-state index contributed by atoms with van der Waals surface area (Å²) in [6, 6.07) is 8.38. The molecule has 1 aromatic rings. The summed E-state index contributed by atoms with van der Waals surface area (Å²) in [5.74, 6) is 0.642. The summed E-state index contributed by atoms with van der Waals surface area (Å²) in [7, 11) is 0. The Kier molecular flexibility index (Phi) is 4.11. The van der Waals surface area contributed by atoms with Gasteiger partial charge >= 0.3 is 0 Å². The highest BCUT2D eigenvalue weighted by Crippen LogP contribution is 2.62. The van der Waals surface area contributed by atoms with Crippen LogP contribution in [0.25, 0.3) is 0 Å². The molecule has 136 valence electrons. The van der Waals surface area contributed by atoms with Crippen LogP contribution in [-0.2, 0) is 11.3 Å². The van der Waals surface area contributed by atoms with E-state index < -0.39 is 0 Å². The zero-order valence-corrected chi connectivity index (χ0v) is 14.9. The molecule has 4 aliphatic rings. The van der Waals surface area contributed by atoms with Gasteiger partial charge in [0.25, 0.3) is 0 Å². The minimum Gasteiger partial charge on any atom is -0.377 e. The molecule has 1 spiro atoms. The Bertz CT molecular complexity index is 624. The van der Waals surface area contributed by atoms with E-state index in [0.717, 1.165) is 37.7 Å². The van der Waals surface area contributed by atoms with Gasteiger partial charge in [0.15, 0.2) is 0 Å². The van der Waals surface area contributed by atoms with Crippen molar-refractivity contribution in [3.8, 4) is 0 Å². The summed E-state index contributed by atoms with van der Waals surface area (Å²) < 4.78 is 19.4. The molecule has 3 atom stereocenters. The van der Waals surface area contributed by atoms with Crippen LogP contribution in [0.4, 0.5) is 4.39 Å². The van der Waals surface area contributed by atoms with Crippen molar-refractivity contribution in [1.82, 2.24) is 10.2 Å². The van der Waals surface area contributed by atoms with E-state index >= 15 is 0 Å². The SMILES string of the molecule is Fc1cccc(CN2CCC(NC3C4CCOC4C34CCC4)CC2)c1. The zero-order chi connectivity index (χ0) is 16.9. The number of hydrogen-bond donors (Lipinski definition) is 1. The smallest absolute Gasteiger partial charge is 0.123 e. The first-order valence-electron chi connectivity index (χ1n) is 10.1. The molecular formula is C21H29FN2O. The third-order valence-electron chi connectivity index (χ3n) is 7.33. The highest BCUT2D eigenvalue weighted by atomic mass is 19.1. The number of rotatable bonds is 4. The minimum absolute atomic E-state index is 0.127. The molecule has 25 heavy (non-hydrogen) atoms. The molecule has 0 bridgehead atoms.